The Morgan fingerprint density at radius 1 is 0.391 bits per heavy atom. The predicted molar refractivity (Wildman–Crippen MR) is 525 cm³/mol. The number of carbonyl (C=O) groups excluding carboxylic acids is 4. The lowest BCUT2D eigenvalue weighted by Crippen LogP contribution is -2.33. The fraction of sp³-hybridized carbons (Fsp3) is 0.283. The third-order valence-corrected chi connectivity index (χ3v) is 26.4. The summed E-state index contributed by atoms with van der Waals surface area (Å²) in [4.78, 5) is 72.3. The Morgan fingerprint density at radius 3 is 1.19 bits per heavy atom. The van der Waals surface area contributed by atoms with Crippen molar-refractivity contribution < 1.29 is 55.7 Å². The van der Waals surface area contributed by atoms with Crippen molar-refractivity contribution in [3.8, 4) is 67.5 Å². The molecule has 16 aromatic rings. The Labute approximate surface area is 814 Å². The van der Waals surface area contributed by atoms with E-state index in [4.69, 9.17) is 75.5 Å². The standard InChI is InChI=1S/C27H26Cl2N4O.C27H26F2N4O3.2C26H24ClFN4O2/c1-15(2)25-21(27(34)31-23-10-6-8-17-7-4-5-9-19(17)23)14-30-26-24(16(3)32-33(25)26)20-13-18(28)11-12-22(20)29;1-14(2)24-18(27(34)31-20-11-12-36-21-8-6-5-7-16(20)21)13-30-26-22(15(3)32-33(24)26)17-9-10-19(28)25(35-4)23(17)29;1-14(2)24-18(26(33)30-20-11-12-34-21-10-5-4-7-16(20)21)13-29-25-22(15(3)31-32(24)25)17-8-6-9-19(28)23(17)27;1-14(2)24-18(26(33)30-21-10-11-34-22-7-5-4-6-17(21)22)13-29-25-23(15(3)31-32(24)25)16-8-9-20(28)19(27)12-16/h4-5,7,9,11-15,23H,6,8,10H2,1-3H3,(H,31,34);5-10,13-14,20H,11-12H2,1-4H3,(H,31,34);4-10,13-14,20H,11-12H2,1-3H3,(H,30,33);4-9,12-14,21H,10-11H2,1-3H3,(H,30,33)/t23-;2*20-;21-/m0000/s1. The van der Waals surface area contributed by atoms with Gasteiger partial charge in [-0.2, -0.15) is 20.4 Å². The number of methoxy groups -OCH3 is 1. The molecule has 8 aromatic heterocycles. The number of benzene rings is 8. The van der Waals surface area contributed by atoms with Crippen LogP contribution in [-0.2, 0) is 6.42 Å². The van der Waals surface area contributed by atoms with Gasteiger partial charge in [0.15, 0.2) is 40.0 Å². The second-order valence-corrected chi connectivity index (χ2v) is 37.3. The van der Waals surface area contributed by atoms with Crippen LogP contribution in [-0.4, -0.2) is 109 Å². The van der Waals surface area contributed by atoms with Crippen LogP contribution in [0.2, 0.25) is 20.1 Å². The highest BCUT2D eigenvalue weighted by Crippen LogP contribution is 2.44. The second kappa shape index (κ2) is 40.5. The first kappa shape index (κ1) is 95.9. The number of halogens is 8. The topological polar surface area (TPSA) is 274 Å². The molecule has 4 atom stereocenters. The van der Waals surface area contributed by atoms with Crippen molar-refractivity contribution >= 4 is 92.6 Å². The van der Waals surface area contributed by atoms with E-state index in [1.54, 1.807) is 80.0 Å². The van der Waals surface area contributed by atoms with Crippen molar-refractivity contribution in [2.45, 2.75) is 169 Å². The summed E-state index contributed by atoms with van der Waals surface area (Å²) in [7, 11) is 1.21. The molecule has 0 fully saturated rings. The SMILES string of the molecule is COc1c(F)ccc(-c2c(C)nn3c(C(C)C)c(C(=O)N[C@H]4CCOc5ccccc54)cnc23)c1F.Cc1nn2c(C(C)C)c(C(=O)N[C@H]3CCCc4ccccc43)cnc2c1-c1cc(Cl)ccc1Cl.Cc1nn2c(C(C)C)c(C(=O)N[C@H]3CCOc4ccccc43)cnc2c1-c1ccc(F)c(Cl)c1.Cc1nn2c(C(C)C)c(C(=O)N[C@H]3CCOc4ccccc43)cnc2c1-c1cccc(F)c1Cl. The quantitative estimate of drug-likeness (QED) is 0.0617. The van der Waals surface area contributed by atoms with Gasteiger partial charge in [0.2, 0.25) is 0 Å². The molecule has 20 rings (SSSR count). The molecule has 0 spiro atoms. The number of carbonyl (C=O) groups is 4. The number of aromatic nitrogens is 12. The van der Waals surface area contributed by atoms with Crippen molar-refractivity contribution in [3.05, 3.63) is 328 Å². The van der Waals surface area contributed by atoms with Crippen molar-refractivity contribution in [2.24, 2.45) is 0 Å². The Bertz CT molecular complexity index is 7300. The zero-order valence-corrected chi connectivity index (χ0v) is 81.1. The molecule has 4 aliphatic rings. The van der Waals surface area contributed by atoms with Crippen molar-refractivity contribution in [2.75, 3.05) is 26.9 Å². The van der Waals surface area contributed by atoms with Crippen LogP contribution in [0, 0.1) is 51.0 Å². The number of aryl methyl sites for hydroxylation is 5. The third-order valence-electron chi connectivity index (χ3n) is 25.2. The minimum Gasteiger partial charge on any atom is -0.493 e. The van der Waals surface area contributed by atoms with Crippen LogP contribution in [0.3, 0.4) is 0 Å². The Morgan fingerprint density at radius 2 is 0.768 bits per heavy atom. The van der Waals surface area contributed by atoms with Crippen LogP contribution < -0.4 is 40.2 Å². The maximum atomic E-state index is 15.1. The van der Waals surface area contributed by atoms with E-state index in [2.05, 4.69) is 83.4 Å². The van der Waals surface area contributed by atoms with Gasteiger partial charge in [-0.25, -0.2) is 55.6 Å². The highest BCUT2D eigenvalue weighted by atomic mass is 35.5. The van der Waals surface area contributed by atoms with Gasteiger partial charge < -0.3 is 40.2 Å². The molecular weight excluding hydrogens is 1840 g/mol. The molecular formula is C106H100Cl4F4N16O8. The van der Waals surface area contributed by atoms with E-state index >= 15 is 4.39 Å². The molecule has 3 aliphatic heterocycles. The van der Waals surface area contributed by atoms with E-state index in [0.717, 1.165) is 104 Å². The van der Waals surface area contributed by atoms with Crippen LogP contribution in [0.1, 0.15) is 250 Å². The molecule has 11 heterocycles. The molecule has 4 amide bonds. The maximum Gasteiger partial charge on any atom is 0.255 e. The van der Waals surface area contributed by atoms with E-state index in [1.807, 2.05) is 147 Å². The maximum absolute atomic E-state index is 15.1. The smallest absolute Gasteiger partial charge is 0.255 e. The first-order valence-electron chi connectivity index (χ1n) is 45.7. The zero-order valence-electron chi connectivity index (χ0n) is 78.0. The first-order valence-corrected chi connectivity index (χ1v) is 47.3. The molecule has 0 unspecified atom stereocenters. The molecule has 24 nitrogen and oxygen atoms in total. The number of hydrogen-bond donors (Lipinski definition) is 4. The van der Waals surface area contributed by atoms with E-state index in [0.29, 0.717) is 133 Å². The number of nitrogens with one attached hydrogen (secondary N) is 4. The minimum absolute atomic E-state index is 0.00261. The number of nitrogens with zero attached hydrogens (tertiary/aromatic N) is 12. The molecule has 0 radical (unpaired) electrons. The number of ether oxygens (including phenoxy) is 4. The van der Waals surface area contributed by atoms with Gasteiger partial charge in [0, 0.05) is 93.0 Å². The van der Waals surface area contributed by atoms with Crippen LogP contribution in [0.15, 0.2) is 189 Å². The Balaban J connectivity index is 0.000000127. The molecule has 0 bridgehead atoms. The highest BCUT2D eigenvalue weighted by Gasteiger charge is 2.35. The van der Waals surface area contributed by atoms with Gasteiger partial charge >= 0.3 is 0 Å². The number of hydrogen-bond acceptors (Lipinski definition) is 16. The number of fused-ring (bicyclic) bond motifs is 8. The average Bonchev–Trinajstić information content (AvgIpc) is 1.60. The average molecular weight is 1940 g/mol. The molecule has 4 N–H and O–H groups in total. The first-order chi connectivity index (χ1) is 66.4. The molecule has 0 saturated heterocycles. The lowest BCUT2D eigenvalue weighted by Gasteiger charge is -2.27. The minimum atomic E-state index is -0.830. The predicted octanol–water partition coefficient (Wildman–Crippen LogP) is 24.1. The fourth-order valence-corrected chi connectivity index (χ4v) is 19.7. The summed E-state index contributed by atoms with van der Waals surface area (Å²) in [6.07, 6.45) is 11.4. The number of amides is 4. The summed E-state index contributed by atoms with van der Waals surface area (Å²) in [6, 6.07) is 48.0. The number of para-hydroxylation sites is 3. The fourth-order valence-electron chi connectivity index (χ4n) is 18.9. The Hall–Kier alpha value is -13.8. The van der Waals surface area contributed by atoms with E-state index in [1.165, 1.54) is 42.6 Å². The monoisotopic (exact) mass is 1940 g/mol. The van der Waals surface area contributed by atoms with Crippen molar-refractivity contribution in [1.82, 2.24) is 79.7 Å². The van der Waals surface area contributed by atoms with E-state index < -0.39 is 29.0 Å². The van der Waals surface area contributed by atoms with Crippen molar-refractivity contribution in [1.29, 1.82) is 0 Å². The van der Waals surface area contributed by atoms with Gasteiger partial charge in [0.1, 0.15) is 28.9 Å². The summed E-state index contributed by atoms with van der Waals surface area (Å²) in [6.45, 7) is 25.0. The second-order valence-electron chi connectivity index (χ2n) is 35.6. The van der Waals surface area contributed by atoms with Gasteiger partial charge in [-0.1, -0.05) is 199 Å². The third kappa shape index (κ3) is 18.8. The van der Waals surface area contributed by atoms with Gasteiger partial charge in [0.05, 0.1) is 146 Å². The largest absolute Gasteiger partial charge is 0.493 e. The molecule has 0 saturated carbocycles. The summed E-state index contributed by atoms with van der Waals surface area (Å²) in [5.41, 5.74) is 19.7. The van der Waals surface area contributed by atoms with Gasteiger partial charge in [-0.3, -0.25) is 19.2 Å². The highest BCUT2D eigenvalue weighted by molar-refractivity contribution is 6.36. The molecule has 32 heteroatoms. The van der Waals surface area contributed by atoms with Gasteiger partial charge in [-0.15, -0.1) is 0 Å². The molecule has 1 aliphatic carbocycles. The van der Waals surface area contributed by atoms with Crippen LogP contribution in [0.4, 0.5) is 17.6 Å². The number of rotatable bonds is 17. The summed E-state index contributed by atoms with van der Waals surface area (Å²) < 4.78 is 85.9. The lowest BCUT2D eigenvalue weighted by molar-refractivity contribution is 0.0913. The van der Waals surface area contributed by atoms with E-state index in [9.17, 15) is 32.3 Å². The van der Waals surface area contributed by atoms with Crippen LogP contribution in [0.5, 0.6) is 23.0 Å². The summed E-state index contributed by atoms with van der Waals surface area (Å²) in [5.74, 6) is -1.66. The zero-order chi connectivity index (χ0) is 97.5. The molecule has 138 heavy (non-hydrogen) atoms. The van der Waals surface area contributed by atoms with E-state index in [-0.39, 0.29) is 87.1 Å². The molecule has 8 aromatic carbocycles. The lowest BCUT2D eigenvalue weighted by atomic mass is 9.87. The van der Waals surface area contributed by atoms with Crippen molar-refractivity contribution in [3.63, 3.8) is 0 Å². The van der Waals surface area contributed by atoms with Crippen LogP contribution >= 0.6 is 46.4 Å². The Kier molecular flexibility index (Phi) is 28.1. The summed E-state index contributed by atoms with van der Waals surface area (Å²) >= 11 is 25.1. The molecule has 708 valence electrons. The summed E-state index contributed by atoms with van der Waals surface area (Å²) in [5, 5.41) is 32.7. The van der Waals surface area contributed by atoms with Gasteiger partial charge in [-0.05, 0) is 154 Å². The van der Waals surface area contributed by atoms with Crippen LogP contribution in [0.25, 0.3) is 67.1 Å². The van der Waals surface area contributed by atoms with Gasteiger partial charge in [0.25, 0.3) is 23.6 Å². The normalized spacial score (nSPS) is 15.3.